The highest BCUT2D eigenvalue weighted by molar-refractivity contribution is 7.47. The number of esters is 1. The summed E-state index contributed by atoms with van der Waals surface area (Å²) in [6.45, 7) is 3.46. The summed E-state index contributed by atoms with van der Waals surface area (Å²) in [5.41, 5.74) is 0. The molecule has 57 heavy (non-hydrogen) atoms. The molecule has 0 amide bonds. The van der Waals surface area contributed by atoms with Gasteiger partial charge in [-0.2, -0.15) is 0 Å². The minimum atomic E-state index is -4.52. The van der Waals surface area contributed by atoms with Gasteiger partial charge in [0.1, 0.15) is 12.2 Å². The lowest BCUT2D eigenvalue weighted by Crippen LogP contribution is -2.29. The van der Waals surface area contributed by atoms with E-state index in [2.05, 4.69) is 62.5 Å². The molecular weight excluding hydrogens is 739 g/mol. The van der Waals surface area contributed by atoms with Gasteiger partial charge in [0.2, 0.25) is 0 Å². The molecule has 3 N–H and O–H groups in total. The van der Waals surface area contributed by atoms with E-state index in [1.54, 1.807) is 0 Å². The number of hydrogen-bond acceptors (Lipinski definition) is 8. The molecule has 0 aromatic carbocycles. The standard InChI is InChI=1S/C47H87O9P/c1-3-5-7-9-11-13-15-17-19-21-22-23-25-27-29-31-33-35-37-39-47(50)56-46(44-55-57(51,52)54-42-45(49)41-48)43-53-40-38-36-34-32-30-28-26-24-20-18-16-14-12-10-8-6-4-2/h11,13-14,16-17,19-20,24,45-46,48-49H,3-10,12,15,18,21-23,25-44H2,1-2H3,(H,51,52)/b13-11-,16-14-,19-17-,24-20-. The lowest BCUT2D eigenvalue weighted by molar-refractivity contribution is -0.154. The van der Waals surface area contributed by atoms with Gasteiger partial charge < -0.3 is 24.6 Å². The molecule has 0 saturated carbocycles. The Kier molecular flexibility index (Phi) is 42.8. The van der Waals surface area contributed by atoms with Crippen molar-refractivity contribution in [2.24, 2.45) is 0 Å². The fourth-order valence-electron chi connectivity index (χ4n) is 6.18. The Morgan fingerprint density at radius 1 is 0.544 bits per heavy atom. The van der Waals surface area contributed by atoms with Crippen LogP contribution in [0, 0.1) is 0 Å². The topological polar surface area (TPSA) is 132 Å². The average Bonchev–Trinajstić information content (AvgIpc) is 3.20. The molecule has 3 unspecified atom stereocenters. The molecule has 334 valence electrons. The zero-order chi connectivity index (χ0) is 41.8. The number of carbonyl (C=O) groups excluding carboxylic acids is 1. The van der Waals surface area contributed by atoms with Crippen molar-refractivity contribution in [2.45, 2.75) is 212 Å². The number of rotatable bonds is 44. The van der Waals surface area contributed by atoms with E-state index in [0.29, 0.717) is 6.61 Å². The molecule has 0 saturated heterocycles. The van der Waals surface area contributed by atoms with Crippen LogP contribution >= 0.6 is 7.82 Å². The van der Waals surface area contributed by atoms with E-state index in [4.69, 9.17) is 23.6 Å². The van der Waals surface area contributed by atoms with Crippen LogP contribution in [-0.2, 0) is 27.9 Å². The second kappa shape index (κ2) is 44.0. The molecule has 0 aliphatic heterocycles. The normalized spacial score (nSPS) is 14.4. The Balaban J connectivity index is 4.16. The molecule has 0 bridgehead atoms. The molecular formula is C47H87O9P. The third-order valence-corrected chi connectivity index (χ3v) is 10.7. The monoisotopic (exact) mass is 827 g/mol. The Labute approximate surface area is 349 Å². The molecule has 0 rings (SSSR count). The highest BCUT2D eigenvalue weighted by Gasteiger charge is 2.26. The zero-order valence-electron chi connectivity index (χ0n) is 36.6. The summed E-state index contributed by atoms with van der Waals surface area (Å²) in [5.74, 6) is -0.391. The fourth-order valence-corrected chi connectivity index (χ4v) is 6.97. The first kappa shape index (κ1) is 55.4. The van der Waals surface area contributed by atoms with Gasteiger partial charge in [-0.3, -0.25) is 13.8 Å². The number of phosphoric acid groups is 1. The van der Waals surface area contributed by atoms with Gasteiger partial charge >= 0.3 is 13.8 Å². The fraction of sp³-hybridized carbons (Fsp3) is 0.809. The SMILES string of the molecule is CCCCC/C=C\C/C=C\CCCCCCCCCCCC(=O)OC(COCCCCCCCC/C=C\C/C=C\CCCCCC)COP(=O)(O)OCC(O)CO. The second-order valence-electron chi connectivity index (χ2n) is 15.4. The van der Waals surface area contributed by atoms with E-state index in [9.17, 15) is 19.4 Å². The van der Waals surface area contributed by atoms with Gasteiger partial charge in [0.25, 0.3) is 0 Å². The number of unbranched alkanes of at least 4 members (excludes halogenated alkanes) is 22. The van der Waals surface area contributed by atoms with Gasteiger partial charge in [-0.1, -0.05) is 165 Å². The summed E-state index contributed by atoms with van der Waals surface area (Å²) < 4.78 is 33.4. The molecule has 0 aliphatic rings. The van der Waals surface area contributed by atoms with Crippen molar-refractivity contribution in [3.8, 4) is 0 Å². The number of carbonyl (C=O) groups is 1. The Hall–Kier alpha value is -1.58. The van der Waals surface area contributed by atoms with Crippen molar-refractivity contribution < 1.29 is 43.0 Å². The van der Waals surface area contributed by atoms with Crippen molar-refractivity contribution in [2.75, 3.05) is 33.0 Å². The number of ether oxygens (including phenoxy) is 2. The van der Waals surface area contributed by atoms with Crippen LogP contribution in [0.2, 0.25) is 0 Å². The van der Waals surface area contributed by atoms with Crippen molar-refractivity contribution >= 4 is 13.8 Å². The van der Waals surface area contributed by atoms with E-state index in [1.807, 2.05) is 0 Å². The lowest BCUT2D eigenvalue weighted by Gasteiger charge is -2.20. The average molecular weight is 827 g/mol. The minimum Gasteiger partial charge on any atom is -0.457 e. The first-order chi connectivity index (χ1) is 27.8. The van der Waals surface area contributed by atoms with Crippen LogP contribution in [0.3, 0.4) is 0 Å². The highest BCUT2D eigenvalue weighted by atomic mass is 31.2. The van der Waals surface area contributed by atoms with Gasteiger partial charge in [0, 0.05) is 13.0 Å². The molecule has 0 aromatic rings. The predicted octanol–water partition coefficient (Wildman–Crippen LogP) is 13.0. The number of hydrogen-bond donors (Lipinski definition) is 3. The molecule has 10 heteroatoms. The summed E-state index contributed by atoms with van der Waals surface area (Å²) in [6, 6.07) is 0. The zero-order valence-corrected chi connectivity index (χ0v) is 37.4. The summed E-state index contributed by atoms with van der Waals surface area (Å²) >= 11 is 0. The largest absolute Gasteiger partial charge is 0.472 e. The Bertz CT molecular complexity index is 1030. The smallest absolute Gasteiger partial charge is 0.457 e. The maximum absolute atomic E-state index is 12.6. The van der Waals surface area contributed by atoms with Crippen LogP contribution in [0.4, 0.5) is 0 Å². The maximum Gasteiger partial charge on any atom is 0.472 e. The Morgan fingerprint density at radius 2 is 0.947 bits per heavy atom. The molecule has 0 heterocycles. The van der Waals surface area contributed by atoms with Crippen LogP contribution in [0.15, 0.2) is 48.6 Å². The molecule has 0 radical (unpaired) electrons. The van der Waals surface area contributed by atoms with E-state index < -0.39 is 39.2 Å². The van der Waals surface area contributed by atoms with Crippen molar-refractivity contribution in [3.63, 3.8) is 0 Å². The summed E-state index contributed by atoms with van der Waals surface area (Å²) in [7, 11) is -4.52. The van der Waals surface area contributed by atoms with Crippen LogP contribution in [0.5, 0.6) is 0 Å². The quantitative estimate of drug-likeness (QED) is 0.0238. The molecule has 3 atom stereocenters. The van der Waals surface area contributed by atoms with E-state index in [1.165, 1.54) is 109 Å². The summed E-state index contributed by atoms with van der Waals surface area (Å²) in [5, 5.41) is 18.4. The van der Waals surface area contributed by atoms with Gasteiger partial charge in [0.05, 0.1) is 26.4 Å². The molecule has 0 fully saturated rings. The number of aliphatic hydroxyl groups is 2. The first-order valence-corrected chi connectivity index (χ1v) is 24.6. The highest BCUT2D eigenvalue weighted by Crippen LogP contribution is 2.43. The molecule has 9 nitrogen and oxygen atoms in total. The van der Waals surface area contributed by atoms with Crippen molar-refractivity contribution in [1.82, 2.24) is 0 Å². The minimum absolute atomic E-state index is 0.0399. The predicted molar refractivity (Wildman–Crippen MR) is 237 cm³/mol. The number of aliphatic hydroxyl groups excluding tert-OH is 2. The van der Waals surface area contributed by atoms with E-state index in [-0.39, 0.29) is 19.6 Å². The van der Waals surface area contributed by atoms with Gasteiger partial charge in [-0.05, 0) is 77.0 Å². The maximum atomic E-state index is 12.6. The van der Waals surface area contributed by atoms with E-state index >= 15 is 0 Å². The third-order valence-electron chi connectivity index (χ3n) is 9.74. The van der Waals surface area contributed by atoms with E-state index in [0.717, 1.165) is 70.6 Å². The second-order valence-corrected chi connectivity index (χ2v) is 16.9. The van der Waals surface area contributed by atoms with Crippen molar-refractivity contribution in [3.05, 3.63) is 48.6 Å². The van der Waals surface area contributed by atoms with Crippen LogP contribution in [0.1, 0.15) is 200 Å². The van der Waals surface area contributed by atoms with Crippen LogP contribution < -0.4 is 0 Å². The number of allylic oxidation sites excluding steroid dienone is 8. The number of phosphoric ester groups is 1. The first-order valence-electron chi connectivity index (χ1n) is 23.1. The van der Waals surface area contributed by atoms with Crippen molar-refractivity contribution in [1.29, 1.82) is 0 Å². The van der Waals surface area contributed by atoms with Crippen LogP contribution in [0.25, 0.3) is 0 Å². The molecule has 0 spiro atoms. The van der Waals surface area contributed by atoms with Gasteiger partial charge in [0.15, 0.2) is 0 Å². The molecule has 0 aromatic heterocycles. The van der Waals surface area contributed by atoms with Gasteiger partial charge in [-0.25, -0.2) is 4.57 Å². The third kappa shape index (κ3) is 43.8. The molecule has 0 aliphatic carbocycles. The van der Waals surface area contributed by atoms with Gasteiger partial charge in [-0.15, -0.1) is 0 Å². The summed E-state index contributed by atoms with van der Waals surface area (Å²) in [6.07, 6.45) is 49.2. The lowest BCUT2D eigenvalue weighted by atomic mass is 10.1. The summed E-state index contributed by atoms with van der Waals surface area (Å²) in [4.78, 5) is 22.6. The van der Waals surface area contributed by atoms with Crippen LogP contribution in [-0.4, -0.2) is 66.3 Å². The Morgan fingerprint density at radius 3 is 1.44 bits per heavy atom.